The van der Waals surface area contributed by atoms with Crippen molar-refractivity contribution in [2.24, 2.45) is 5.14 Å². The van der Waals surface area contributed by atoms with Gasteiger partial charge in [0.1, 0.15) is 0 Å². The van der Waals surface area contributed by atoms with Crippen LogP contribution in [0.15, 0.2) is 27.4 Å². The monoisotopic (exact) mass is 299 g/mol. The number of fused-ring (bicyclic) bond motifs is 1. The second kappa shape index (κ2) is 5.77. The van der Waals surface area contributed by atoms with Gasteiger partial charge in [-0.15, -0.1) is 11.3 Å². The Kier molecular flexibility index (Phi) is 4.07. The predicted octanol–water partition coefficient (Wildman–Crippen LogP) is 2.60. The van der Waals surface area contributed by atoms with Crippen molar-refractivity contribution in [3.8, 4) is 0 Å². The molecule has 2 aromatic rings. The third kappa shape index (κ3) is 2.66. The van der Waals surface area contributed by atoms with E-state index in [-0.39, 0.29) is 0 Å². The van der Waals surface area contributed by atoms with Crippen LogP contribution in [-0.2, 0) is 4.74 Å². The Bertz CT molecular complexity index is 539. The molecule has 1 aromatic heterocycles. The van der Waals surface area contributed by atoms with Gasteiger partial charge < -0.3 is 4.74 Å². The van der Waals surface area contributed by atoms with E-state index in [2.05, 4.69) is 15.4 Å². The molecule has 0 spiro atoms. The highest BCUT2D eigenvalue weighted by molar-refractivity contribution is 7.99. The van der Waals surface area contributed by atoms with Gasteiger partial charge in [-0.25, -0.2) is 9.29 Å². The fourth-order valence-corrected chi connectivity index (χ4v) is 4.42. The fourth-order valence-electron chi connectivity index (χ4n) is 1.79. The van der Waals surface area contributed by atoms with E-state index in [1.165, 1.54) is 16.6 Å². The number of nitrogens with two attached hydrogens (primary N) is 1. The molecule has 0 unspecified atom stereocenters. The van der Waals surface area contributed by atoms with Gasteiger partial charge in [0, 0.05) is 18.0 Å². The van der Waals surface area contributed by atoms with E-state index >= 15 is 0 Å². The zero-order chi connectivity index (χ0) is 12.4. The van der Waals surface area contributed by atoms with Crippen LogP contribution in [0.2, 0.25) is 0 Å². The smallest absolute Gasteiger partial charge is 0.166 e. The summed E-state index contributed by atoms with van der Waals surface area (Å²) in [5.74, 6) is 0. The molecule has 0 atom stereocenters. The maximum atomic E-state index is 5.66. The molecule has 0 aliphatic carbocycles. The molecule has 0 amide bonds. The Balaban J connectivity index is 1.84. The van der Waals surface area contributed by atoms with E-state index in [0.717, 1.165) is 41.1 Å². The van der Waals surface area contributed by atoms with Crippen molar-refractivity contribution >= 4 is 45.4 Å². The number of benzene rings is 1. The summed E-state index contributed by atoms with van der Waals surface area (Å²) >= 11 is 4.70. The summed E-state index contributed by atoms with van der Waals surface area (Å²) in [7, 11) is 0. The van der Waals surface area contributed by atoms with Crippen LogP contribution in [0.4, 0.5) is 0 Å². The Morgan fingerprint density at radius 3 is 2.94 bits per heavy atom. The van der Waals surface area contributed by atoms with Crippen molar-refractivity contribution in [3.05, 3.63) is 18.2 Å². The normalized spacial score (nSPS) is 17.4. The Hall–Kier alpha value is -0.310. The largest absolute Gasteiger partial charge is 0.379 e. The van der Waals surface area contributed by atoms with E-state index in [4.69, 9.17) is 9.88 Å². The number of para-hydroxylation sites is 1. The molecule has 1 saturated heterocycles. The van der Waals surface area contributed by atoms with Gasteiger partial charge in [0.2, 0.25) is 0 Å². The first-order chi connectivity index (χ1) is 8.86. The number of nitrogens with zero attached hydrogens (tertiary/aromatic N) is 2. The predicted molar refractivity (Wildman–Crippen MR) is 77.9 cm³/mol. The first-order valence-corrected chi connectivity index (χ1v) is 8.11. The molecule has 4 nitrogen and oxygen atoms in total. The number of ether oxygens (including phenoxy) is 1. The van der Waals surface area contributed by atoms with Crippen molar-refractivity contribution in [2.45, 2.75) is 9.24 Å². The molecular weight excluding hydrogens is 286 g/mol. The third-order valence-electron chi connectivity index (χ3n) is 2.67. The van der Waals surface area contributed by atoms with Crippen LogP contribution in [0.5, 0.6) is 0 Å². The Morgan fingerprint density at radius 1 is 1.33 bits per heavy atom. The number of hydrogen-bond acceptors (Lipinski definition) is 7. The minimum atomic E-state index is 0.807. The van der Waals surface area contributed by atoms with Crippen molar-refractivity contribution in [1.29, 1.82) is 0 Å². The van der Waals surface area contributed by atoms with E-state index in [1.807, 2.05) is 12.1 Å². The van der Waals surface area contributed by atoms with Gasteiger partial charge in [-0.1, -0.05) is 6.07 Å². The number of thiazole rings is 1. The molecule has 0 radical (unpaired) electrons. The summed E-state index contributed by atoms with van der Waals surface area (Å²) in [6, 6.07) is 6.13. The molecule has 2 heterocycles. The van der Waals surface area contributed by atoms with Crippen LogP contribution in [0.25, 0.3) is 10.2 Å². The SMILES string of the molecule is NSc1cccc2sc(SN3CCOCC3)nc12. The Labute approximate surface area is 118 Å². The van der Waals surface area contributed by atoms with E-state index in [9.17, 15) is 0 Å². The summed E-state index contributed by atoms with van der Waals surface area (Å²) in [5.41, 5.74) is 1.02. The topological polar surface area (TPSA) is 51.4 Å². The molecule has 2 N–H and O–H groups in total. The Morgan fingerprint density at radius 2 is 2.17 bits per heavy atom. The van der Waals surface area contributed by atoms with Crippen LogP contribution < -0.4 is 5.14 Å². The highest BCUT2D eigenvalue weighted by Crippen LogP contribution is 2.35. The van der Waals surface area contributed by atoms with Crippen molar-refractivity contribution in [2.75, 3.05) is 26.3 Å². The maximum absolute atomic E-state index is 5.66. The zero-order valence-electron chi connectivity index (χ0n) is 9.67. The summed E-state index contributed by atoms with van der Waals surface area (Å²) in [6.07, 6.45) is 0. The number of aromatic nitrogens is 1. The third-order valence-corrected chi connectivity index (χ3v) is 5.41. The van der Waals surface area contributed by atoms with Gasteiger partial charge in [0.05, 0.1) is 23.4 Å². The molecule has 18 heavy (non-hydrogen) atoms. The van der Waals surface area contributed by atoms with Gasteiger partial charge in [-0.05, 0) is 36.0 Å². The average molecular weight is 299 g/mol. The maximum Gasteiger partial charge on any atom is 0.166 e. The molecule has 7 heteroatoms. The standard InChI is InChI=1S/C11H13N3OS3/c12-17-9-3-1-2-8-10(9)13-11(16-8)18-14-4-6-15-7-5-14/h1-3H,4-7,12H2. The molecule has 1 aliphatic heterocycles. The van der Waals surface area contributed by atoms with E-state index in [1.54, 1.807) is 23.3 Å². The zero-order valence-corrected chi connectivity index (χ0v) is 12.1. The van der Waals surface area contributed by atoms with Gasteiger partial charge >= 0.3 is 0 Å². The lowest BCUT2D eigenvalue weighted by molar-refractivity contribution is 0.0773. The van der Waals surface area contributed by atoms with Crippen LogP contribution >= 0.6 is 35.2 Å². The van der Waals surface area contributed by atoms with Crippen molar-refractivity contribution in [1.82, 2.24) is 9.29 Å². The van der Waals surface area contributed by atoms with Crippen LogP contribution in [0, 0.1) is 0 Å². The summed E-state index contributed by atoms with van der Waals surface area (Å²) in [5, 5.41) is 5.66. The molecular formula is C11H13N3OS3. The highest BCUT2D eigenvalue weighted by Gasteiger charge is 2.15. The molecule has 0 bridgehead atoms. The lowest BCUT2D eigenvalue weighted by Gasteiger charge is -2.23. The van der Waals surface area contributed by atoms with Crippen molar-refractivity contribution in [3.63, 3.8) is 0 Å². The molecule has 96 valence electrons. The highest BCUT2D eigenvalue weighted by atomic mass is 32.2. The van der Waals surface area contributed by atoms with Gasteiger partial charge in [-0.3, -0.25) is 5.14 Å². The molecule has 1 fully saturated rings. The number of morpholine rings is 1. The molecule has 1 aromatic carbocycles. The van der Waals surface area contributed by atoms with Gasteiger partial charge in [-0.2, -0.15) is 0 Å². The lowest BCUT2D eigenvalue weighted by atomic mass is 10.3. The fraction of sp³-hybridized carbons (Fsp3) is 0.364. The van der Waals surface area contributed by atoms with Crippen LogP contribution in [-0.4, -0.2) is 35.6 Å². The summed E-state index contributed by atoms with van der Waals surface area (Å²) < 4.78 is 9.92. The first-order valence-electron chi connectivity index (χ1n) is 5.64. The molecule has 3 rings (SSSR count). The second-order valence-electron chi connectivity index (χ2n) is 3.83. The average Bonchev–Trinajstić information content (AvgIpc) is 2.82. The summed E-state index contributed by atoms with van der Waals surface area (Å²) in [6.45, 7) is 3.53. The second-order valence-corrected chi connectivity index (χ2v) is 6.88. The lowest BCUT2D eigenvalue weighted by Crippen LogP contribution is -2.30. The quantitative estimate of drug-likeness (QED) is 0.879. The number of hydrogen-bond donors (Lipinski definition) is 1. The first kappa shape index (κ1) is 12.7. The molecule has 1 aliphatic rings. The molecule has 0 saturated carbocycles. The summed E-state index contributed by atoms with van der Waals surface area (Å²) in [4.78, 5) is 5.72. The van der Waals surface area contributed by atoms with Gasteiger partial charge in [0.15, 0.2) is 4.34 Å². The minimum Gasteiger partial charge on any atom is -0.379 e. The van der Waals surface area contributed by atoms with E-state index < -0.39 is 0 Å². The van der Waals surface area contributed by atoms with Crippen LogP contribution in [0.1, 0.15) is 0 Å². The number of rotatable bonds is 3. The van der Waals surface area contributed by atoms with Gasteiger partial charge in [0.25, 0.3) is 0 Å². The van der Waals surface area contributed by atoms with E-state index in [0.29, 0.717) is 0 Å². The van der Waals surface area contributed by atoms with Crippen molar-refractivity contribution < 1.29 is 4.74 Å². The van der Waals surface area contributed by atoms with Crippen LogP contribution in [0.3, 0.4) is 0 Å². The minimum absolute atomic E-state index is 0.807.